The smallest absolute Gasteiger partial charge is 0.378 e. The number of quaternary nitrogens is 2. The van der Waals surface area contributed by atoms with Crippen LogP contribution in [0.15, 0.2) is 0 Å². The van der Waals surface area contributed by atoms with Crippen LogP contribution >= 0.6 is 0 Å². The Morgan fingerprint density at radius 3 is 1.05 bits per heavy atom. The minimum absolute atomic E-state index is 0.169. The minimum atomic E-state index is -5.92. The molecule has 0 aromatic rings. The van der Waals surface area contributed by atoms with Crippen LogP contribution in [0.2, 0.25) is 0 Å². The maximum atomic E-state index is 14.3. The summed E-state index contributed by atoms with van der Waals surface area (Å²) >= 11 is 0. The van der Waals surface area contributed by atoms with Crippen molar-refractivity contribution in [2.45, 2.75) is 96.8 Å². The molecular weight excluding hydrogens is 530 g/mol. The number of nitrogens with zero attached hydrogens (tertiary/aromatic N) is 2. The number of unbranched alkanes of at least 4 members (excludes halogenated alkanes) is 4. The lowest BCUT2D eigenvalue weighted by Crippen LogP contribution is -2.59. The van der Waals surface area contributed by atoms with Gasteiger partial charge >= 0.3 is 29.7 Å². The van der Waals surface area contributed by atoms with E-state index in [-0.39, 0.29) is 22.1 Å². The number of hydrogen-bond donors (Lipinski definition) is 0. The summed E-state index contributed by atoms with van der Waals surface area (Å²) < 4.78 is 95.0. The number of esters is 2. The third kappa shape index (κ3) is 12.7. The molecule has 0 aliphatic rings. The van der Waals surface area contributed by atoms with Crippen LogP contribution in [0.5, 0.6) is 0 Å². The van der Waals surface area contributed by atoms with E-state index in [1.807, 2.05) is 27.7 Å². The number of likely N-dealkylation sites (N-methyl/N-ethyl adjacent to an activating group) is 2. The SMILES string of the molecule is CCCC[N+](C)(CCCC)CC(=O)OCC(F)(F)C(F)(F)C(F)(F)COC(=O)C[N+](C)(CCCC)CCCC. The Morgan fingerprint density at radius 1 is 0.564 bits per heavy atom. The topological polar surface area (TPSA) is 52.6 Å². The monoisotopic (exact) mass is 580 g/mol. The summed E-state index contributed by atoms with van der Waals surface area (Å²) in [5.41, 5.74) is 0. The number of ether oxygens (including phenoxy) is 2. The van der Waals surface area contributed by atoms with Crippen LogP contribution in [0.1, 0.15) is 79.1 Å². The van der Waals surface area contributed by atoms with E-state index in [1.54, 1.807) is 14.1 Å². The highest BCUT2D eigenvalue weighted by Gasteiger charge is 2.72. The van der Waals surface area contributed by atoms with Crippen LogP contribution in [0.25, 0.3) is 0 Å². The van der Waals surface area contributed by atoms with Crippen molar-refractivity contribution in [3.05, 3.63) is 0 Å². The Kier molecular flexibility index (Phi) is 16.0. The Hall–Kier alpha value is -1.56. The summed E-state index contributed by atoms with van der Waals surface area (Å²) in [6.45, 7) is 4.86. The zero-order chi connectivity index (χ0) is 30.4. The number of rotatable bonds is 22. The quantitative estimate of drug-likeness (QED) is 0.0886. The van der Waals surface area contributed by atoms with Gasteiger partial charge in [-0.3, -0.25) is 0 Å². The van der Waals surface area contributed by atoms with E-state index >= 15 is 0 Å². The van der Waals surface area contributed by atoms with E-state index in [2.05, 4.69) is 9.47 Å². The average Bonchev–Trinajstić information content (AvgIpc) is 2.86. The summed E-state index contributed by atoms with van der Waals surface area (Å²) in [6, 6.07) is 0. The molecule has 0 rings (SSSR count). The Bertz CT molecular complexity index is 663. The molecule has 39 heavy (non-hydrogen) atoms. The van der Waals surface area contributed by atoms with E-state index in [1.165, 1.54) is 0 Å². The standard InChI is InChI=1S/C27H50F6N2O4/c1-7-11-15-34(5,16-12-8-2)19-23(36)38-21-25(28,29)27(32,33)26(30,31)22-39-24(37)20-35(6,17-13-9-3)18-14-10-4/h7-22H2,1-6H3/q+2. The molecule has 0 aliphatic heterocycles. The largest absolute Gasteiger partial charge is 0.455 e. The fourth-order valence-corrected chi connectivity index (χ4v) is 4.20. The van der Waals surface area contributed by atoms with Crippen molar-refractivity contribution in [2.24, 2.45) is 0 Å². The first-order chi connectivity index (χ1) is 17.9. The third-order valence-corrected chi connectivity index (χ3v) is 6.98. The van der Waals surface area contributed by atoms with Gasteiger partial charge in [0.25, 0.3) is 0 Å². The van der Waals surface area contributed by atoms with Gasteiger partial charge in [-0.2, -0.15) is 26.3 Å². The lowest BCUT2D eigenvalue weighted by atomic mass is 10.1. The maximum Gasteiger partial charge on any atom is 0.378 e. The third-order valence-electron chi connectivity index (χ3n) is 6.98. The summed E-state index contributed by atoms with van der Waals surface area (Å²) in [6.07, 6.45) is 6.32. The summed E-state index contributed by atoms with van der Waals surface area (Å²) in [5.74, 6) is -19.0. The van der Waals surface area contributed by atoms with E-state index in [0.717, 1.165) is 51.4 Å². The highest BCUT2D eigenvalue weighted by atomic mass is 19.3. The normalized spacial score (nSPS) is 13.4. The number of halogens is 6. The van der Waals surface area contributed by atoms with Gasteiger partial charge in [-0.25, -0.2) is 9.59 Å². The Morgan fingerprint density at radius 2 is 0.821 bits per heavy atom. The highest BCUT2D eigenvalue weighted by Crippen LogP contribution is 2.46. The molecule has 0 fully saturated rings. The molecule has 0 spiro atoms. The molecule has 0 saturated carbocycles. The molecule has 6 nitrogen and oxygen atoms in total. The van der Waals surface area contributed by atoms with Crippen LogP contribution in [0, 0.1) is 0 Å². The molecule has 0 unspecified atom stereocenters. The van der Waals surface area contributed by atoms with Crippen molar-refractivity contribution in [2.75, 3.05) is 66.6 Å². The predicted molar refractivity (Wildman–Crippen MR) is 138 cm³/mol. The number of carbonyl (C=O) groups excluding carboxylic acids is 2. The first kappa shape index (κ1) is 37.4. The minimum Gasteiger partial charge on any atom is -0.455 e. The molecule has 232 valence electrons. The number of carbonyl (C=O) groups is 2. The Labute approximate surface area is 230 Å². The van der Waals surface area contributed by atoms with E-state index < -0.39 is 42.9 Å². The van der Waals surface area contributed by atoms with Gasteiger partial charge in [-0.05, 0) is 25.7 Å². The molecule has 0 atom stereocenters. The van der Waals surface area contributed by atoms with E-state index in [4.69, 9.17) is 0 Å². The van der Waals surface area contributed by atoms with Crippen molar-refractivity contribution in [3.63, 3.8) is 0 Å². The molecule has 0 amide bonds. The molecule has 0 aromatic heterocycles. The van der Waals surface area contributed by atoms with Gasteiger partial charge in [0.05, 0.1) is 40.3 Å². The summed E-state index contributed by atoms with van der Waals surface area (Å²) in [7, 11) is 3.46. The van der Waals surface area contributed by atoms with Crippen molar-refractivity contribution in [3.8, 4) is 0 Å². The van der Waals surface area contributed by atoms with Crippen LogP contribution in [0.4, 0.5) is 26.3 Å². The predicted octanol–water partition coefficient (Wildman–Crippen LogP) is 6.07. The zero-order valence-electron chi connectivity index (χ0n) is 24.6. The van der Waals surface area contributed by atoms with E-state index in [9.17, 15) is 35.9 Å². The molecular formula is C27H50F6N2O4+2. The molecule has 12 heteroatoms. The van der Waals surface area contributed by atoms with Gasteiger partial charge in [-0.15, -0.1) is 0 Å². The van der Waals surface area contributed by atoms with Crippen molar-refractivity contribution >= 4 is 11.9 Å². The van der Waals surface area contributed by atoms with Gasteiger partial charge in [-0.1, -0.05) is 53.4 Å². The second-order valence-electron chi connectivity index (χ2n) is 11.2. The lowest BCUT2D eigenvalue weighted by Gasteiger charge is -2.35. The van der Waals surface area contributed by atoms with Gasteiger partial charge in [0.2, 0.25) is 0 Å². The zero-order valence-corrected chi connectivity index (χ0v) is 24.6. The van der Waals surface area contributed by atoms with E-state index in [0.29, 0.717) is 26.2 Å². The summed E-state index contributed by atoms with van der Waals surface area (Å²) in [4.78, 5) is 24.5. The van der Waals surface area contributed by atoms with Crippen LogP contribution < -0.4 is 0 Å². The molecule has 0 bridgehead atoms. The molecule has 0 aliphatic carbocycles. The van der Waals surface area contributed by atoms with Crippen molar-refractivity contribution < 1.29 is 54.4 Å². The van der Waals surface area contributed by atoms with Gasteiger partial charge < -0.3 is 18.4 Å². The Balaban J connectivity index is 5.24. The number of alkyl halides is 6. The fourth-order valence-electron chi connectivity index (χ4n) is 4.20. The molecule has 0 N–H and O–H groups in total. The fraction of sp³-hybridized carbons (Fsp3) is 0.926. The average molecular weight is 581 g/mol. The second kappa shape index (κ2) is 16.6. The second-order valence-corrected chi connectivity index (χ2v) is 11.2. The highest BCUT2D eigenvalue weighted by molar-refractivity contribution is 5.71. The van der Waals surface area contributed by atoms with Crippen molar-refractivity contribution in [1.29, 1.82) is 0 Å². The first-order valence-electron chi connectivity index (χ1n) is 14.1. The van der Waals surface area contributed by atoms with Crippen molar-refractivity contribution in [1.82, 2.24) is 0 Å². The van der Waals surface area contributed by atoms with Gasteiger partial charge in [0.15, 0.2) is 26.3 Å². The van der Waals surface area contributed by atoms with Crippen LogP contribution in [-0.2, 0) is 19.1 Å². The van der Waals surface area contributed by atoms with Gasteiger partial charge in [0, 0.05) is 0 Å². The molecule has 0 heterocycles. The van der Waals surface area contributed by atoms with Crippen LogP contribution in [-0.4, -0.2) is 105 Å². The molecule has 0 saturated heterocycles. The molecule has 0 aromatic carbocycles. The molecule has 0 radical (unpaired) electrons. The van der Waals surface area contributed by atoms with Crippen LogP contribution in [0.3, 0.4) is 0 Å². The summed E-state index contributed by atoms with van der Waals surface area (Å²) in [5, 5.41) is 0. The van der Waals surface area contributed by atoms with Gasteiger partial charge in [0.1, 0.15) is 0 Å². The first-order valence-corrected chi connectivity index (χ1v) is 14.1. The number of hydrogen-bond acceptors (Lipinski definition) is 4. The lowest BCUT2D eigenvalue weighted by molar-refractivity contribution is -0.903. The maximum absolute atomic E-state index is 14.3.